The van der Waals surface area contributed by atoms with Crippen LogP contribution in [0.25, 0.3) is 0 Å². The van der Waals surface area contributed by atoms with Gasteiger partial charge in [0.1, 0.15) is 6.10 Å². The number of carbonyl (C=O) groups is 4. The predicted octanol–water partition coefficient (Wildman–Crippen LogP) is 9.21. The lowest BCUT2D eigenvalue weighted by Gasteiger charge is -2.73. The van der Waals surface area contributed by atoms with Crippen molar-refractivity contribution >= 4 is 23.8 Å². The Morgan fingerprint density at radius 3 is 2.11 bits per heavy atom. The fraction of sp³-hybridized carbons (Fsp3) is 0.872. The number of carboxylic acid groups (broad SMARTS) is 1. The summed E-state index contributed by atoms with van der Waals surface area (Å²) in [5.41, 5.74) is -0.482. The Morgan fingerprint density at radius 2 is 1.49 bits per heavy atom. The number of carboxylic acids is 1. The van der Waals surface area contributed by atoms with Crippen molar-refractivity contribution in [2.75, 3.05) is 13.1 Å². The monoisotopic (exact) mass is 763 g/mol. The number of rotatable bonds is 8. The van der Waals surface area contributed by atoms with Crippen molar-refractivity contribution in [3.8, 4) is 0 Å². The van der Waals surface area contributed by atoms with Crippen molar-refractivity contribution in [1.82, 2.24) is 10.2 Å². The quantitative estimate of drug-likeness (QED) is 0.188. The van der Waals surface area contributed by atoms with Crippen molar-refractivity contribution in [2.24, 2.45) is 73.4 Å². The van der Waals surface area contributed by atoms with Gasteiger partial charge in [0.25, 0.3) is 0 Å². The van der Waals surface area contributed by atoms with Crippen LogP contribution in [0.1, 0.15) is 159 Å². The van der Waals surface area contributed by atoms with E-state index in [0.29, 0.717) is 23.7 Å². The number of amides is 2. The highest BCUT2D eigenvalue weighted by Gasteiger charge is 2.72. The zero-order valence-corrected chi connectivity index (χ0v) is 36.1. The van der Waals surface area contributed by atoms with Crippen LogP contribution in [0.5, 0.6) is 0 Å². The number of ether oxygens (including phenoxy) is 1. The van der Waals surface area contributed by atoms with Crippen LogP contribution < -0.4 is 5.32 Å². The van der Waals surface area contributed by atoms with Gasteiger partial charge in [-0.1, -0.05) is 60.6 Å². The van der Waals surface area contributed by atoms with E-state index in [2.05, 4.69) is 67.3 Å². The molecule has 0 unspecified atom stereocenters. The Labute approximate surface area is 332 Å². The molecule has 12 atom stereocenters. The number of esters is 1. The first-order valence-electron chi connectivity index (χ1n) is 22.2. The molecule has 1 aliphatic heterocycles. The van der Waals surface area contributed by atoms with Crippen LogP contribution in [0.15, 0.2) is 12.2 Å². The average Bonchev–Trinajstić information content (AvgIpc) is 3.77. The summed E-state index contributed by atoms with van der Waals surface area (Å²) in [4.78, 5) is 55.4. The van der Waals surface area contributed by atoms with Gasteiger partial charge < -0.3 is 20.1 Å². The Hall–Kier alpha value is -2.38. The summed E-state index contributed by atoms with van der Waals surface area (Å²) in [7, 11) is 0. The van der Waals surface area contributed by atoms with E-state index in [-0.39, 0.29) is 69.3 Å². The first-order valence-corrected chi connectivity index (χ1v) is 22.2. The highest BCUT2D eigenvalue weighted by molar-refractivity contribution is 5.86. The van der Waals surface area contributed by atoms with E-state index >= 15 is 0 Å². The minimum Gasteiger partial charge on any atom is -0.481 e. The topological polar surface area (TPSA) is 113 Å². The van der Waals surface area contributed by atoms with Gasteiger partial charge in [-0.25, -0.2) is 0 Å². The van der Waals surface area contributed by atoms with Gasteiger partial charge in [0.05, 0.1) is 17.3 Å². The third-order valence-corrected chi connectivity index (χ3v) is 19.2. The van der Waals surface area contributed by atoms with Crippen molar-refractivity contribution in [3.05, 3.63) is 12.2 Å². The lowest BCUT2D eigenvalue weighted by molar-refractivity contribution is -0.249. The summed E-state index contributed by atoms with van der Waals surface area (Å²) in [6, 6.07) is 0.0219. The highest BCUT2D eigenvalue weighted by atomic mass is 16.5. The Morgan fingerprint density at radius 1 is 0.818 bits per heavy atom. The number of hydrogen-bond acceptors (Lipinski definition) is 5. The number of nitrogens with one attached hydrogen (secondary N) is 1. The van der Waals surface area contributed by atoms with Crippen molar-refractivity contribution in [3.63, 3.8) is 0 Å². The van der Waals surface area contributed by atoms with Crippen LogP contribution in [-0.2, 0) is 23.9 Å². The third kappa shape index (κ3) is 5.91. The van der Waals surface area contributed by atoms with Crippen LogP contribution in [0.3, 0.4) is 0 Å². The molecule has 7 fully saturated rings. The van der Waals surface area contributed by atoms with Crippen LogP contribution in [0.4, 0.5) is 0 Å². The zero-order valence-electron chi connectivity index (χ0n) is 36.1. The predicted molar refractivity (Wildman–Crippen MR) is 215 cm³/mol. The molecule has 8 nitrogen and oxygen atoms in total. The maximum absolute atomic E-state index is 15.0. The molecule has 0 spiro atoms. The van der Waals surface area contributed by atoms with E-state index < -0.39 is 22.8 Å². The van der Waals surface area contributed by atoms with Crippen LogP contribution in [0, 0.1) is 73.4 Å². The van der Waals surface area contributed by atoms with Crippen LogP contribution >= 0.6 is 0 Å². The number of allylic oxidation sites excluding steroid dienone is 1. The summed E-state index contributed by atoms with van der Waals surface area (Å²) >= 11 is 0. The fourth-order valence-electron chi connectivity index (χ4n) is 15.4. The number of nitrogens with zero attached hydrogens (tertiary/aromatic N) is 1. The average molecular weight is 763 g/mol. The SMILES string of the molecule is C=C(C)[C@@H]1CC[C@]2(C(=O)N[C@@H]3C[C@H](C(=O)N4CCCC4)C3(C)C)CC[C@]3(C)[C@H](CC[C@@H]4[C@@]5(C)CC[C@H](OC(=O)CC(C)(C)C(=O)O)C(C)(C)[C@@H]5CC[C@]43C)[C@@H]12. The molecule has 8 heteroatoms. The smallest absolute Gasteiger partial charge is 0.309 e. The largest absolute Gasteiger partial charge is 0.481 e. The van der Waals surface area contributed by atoms with Crippen LogP contribution in [0.2, 0.25) is 0 Å². The molecule has 0 aromatic rings. The lowest BCUT2D eigenvalue weighted by Crippen LogP contribution is -2.68. The molecule has 7 aliphatic rings. The van der Waals surface area contributed by atoms with Crippen molar-refractivity contribution in [2.45, 2.75) is 171 Å². The van der Waals surface area contributed by atoms with E-state index in [1.54, 1.807) is 13.8 Å². The van der Waals surface area contributed by atoms with Crippen molar-refractivity contribution in [1.29, 1.82) is 0 Å². The number of fused-ring (bicyclic) bond motifs is 7. The van der Waals surface area contributed by atoms with Gasteiger partial charge >= 0.3 is 11.9 Å². The normalized spacial score (nSPS) is 44.1. The second-order valence-electron chi connectivity index (χ2n) is 22.7. The first-order chi connectivity index (χ1) is 25.5. The summed E-state index contributed by atoms with van der Waals surface area (Å²) in [5, 5.41) is 13.3. The molecular formula is C47H74N2O6. The molecule has 6 aliphatic carbocycles. The van der Waals surface area contributed by atoms with Gasteiger partial charge in [-0.15, -0.1) is 0 Å². The van der Waals surface area contributed by atoms with Gasteiger partial charge in [-0.2, -0.15) is 0 Å². The Bertz CT molecular complexity index is 1610. The lowest BCUT2D eigenvalue weighted by atomic mass is 9.32. The van der Waals surface area contributed by atoms with Gasteiger partial charge in [-0.3, -0.25) is 19.2 Å². The van der Waals surface area contributed by atoms with E-state index in [4.69, 9.17) is 4.74 Å². The van der Waals surface area contributed by atoms with Gasteiger partial charge in [0, 0.05) is 30.5 Å². The fourth-order valence-corrected chi connectivity index (χ4v) is 15.4. The summed E-state index contributed by atoms with van der Waals surface area (Å²) < 4.78 is 6.19. The summed E-state index contributed by atoms with van der Waals surface area (Å²) in [5.74, 6) is 1.12. The van der Waals surface area contributed by atoms with E-state index in [9.17, 15) is 24.3 Å². The molecule has 0 bridgehead atoms. The second kappa shape index (κ2) is 13.3. The molecule has 55 heavy (non-hydrogen) atoms. The molecular weight excluding hydrogens is 689 g/mol. The number of aliphatic carboxylic acids is 1. The maximum Gasteiger partial charge on any atom is 0.309 e. The molecule has 2 N–H and O–H groups in total. The summed E-state index contributed by atoms with van der Waals surface area (Å²) in [6.07, 6.45) is 12.8. The molecule has 0 aromatic heterocycles. The van der Waals surface area contributed by atoms with Gasteiger partial charge in [0.15, 0.2) is 0 Å². The Balaban J connectivity index is 1.11. The highest BCUT2D eigenvalue weighted by Crippen LogP contribution is 2.77. The number of carbonyl (C=O) groups excluding carboxylic acids is 3. The minimum atomic E-state index is -1.16. The molecule has 7 rings (SSSR count). The molecule has 308 valence electrons. The minimum absolute atomic E-state index is 0.0199. The standard InChI is InChI=1S/C47H74N2O6/c1-28(2)29-16-21-47(39(52)48-34-26-31(42(34,5)6)38(51)49-24-12-13-25-49)23-22-45(10)30(37(29)47)14-15-33-44(9)19-18-35(55-36(50)27-41(3,4)40(53)54)43(7,8)32(44)17-20-46(33,45)11/h29-35,37H,1,12-27H2,2-11H3,(H,48,52)(H,53,54)/t29-,30+,31+,32-,33+,34+,35-,37+,44-,45+,46+,47-/m0/s1. The first kappa shape index (κ1) is 40.8. The van der Waals surface area contributed by atoms with E-state index in [0.717, 1.165) is 96.6 Å². The molecule has 0 aromatic carbocycles. The molecule has 2 amide bonds. The summed E-state index contributed by atoms with van der Waals surface area (Å²) in [6.45, 7) is 28.4. The number of likely N-dealkylation sites (tertiary alicyclic amines) is 1. The molecule has 6 saturated carbocycles. The van der Waals surface area contributed by atoms with Crippen LogP contribution in [-0.4, -0.2) is 59.0 Å². The molecule has 1 saturated heterocycles. The van der Waals surface area contributed by atoms with Crippen molar-refractivity contribution < 1.29 is 29.0 Å². The van der Waals surface area contributed by atoms with E-state index in [1.165, 1.54) is 5.57 Å². The zero-order chi connectivity index (χ0) is 40.3. The van der Waals surface area contributed by atoms with Gasteiger partial charge in [-0.05, 0) is 155 Å². The molecule has 1 heterocycles. The third-order valence-electron chi connectivity index (χ3n) is 19.2. The number of hydrogen-bond donors (Lipinski definition) is 2. The second-order valence-corrected chi connectivity index (χ2v) is 22.7. The maximum atomic E-state index is 15.0. The molecule has 0 radical (unpaired) electrons. The van der Waals surface area contributed by atoms with E-state index in [1.807, 2.05) is 4.90 Å². The Kier molecular flexibility index (Phi) is 9.89. The van der Waals surface area contributed by atoms with Gasteiger partial charge in [0.2, 0.25) is 11.8 Å².